The molecular formula is C18H14F2N2O2. The monoisotopic (exact) mass is 328 g/mol. The van der Waals surface area contributed by atoms with Gasteiger partial charge in [0.2, 0.25) is 0 Å². The lowest BCUT2D eigenvalue weighted by Crippen LogP contribution is -2.04. The van der Waals surface area contributed by atoms with Crippen LogP contribution in [0.5, 0.6) is 0 Å². The van der Waals surface area contributed by atoms with Crippen LogP contribution in [0.3, 0.4) is 0 Å². The smallest absolute Gasteiger partial charge is 0.337 e. The van der Waals surface area contributed by atoms with Crippen molar-refractivity contribution >= 4 is 5.97 Å². The first kappa shape index (κ1) is 15.9. The summed E-state index contributed by atoms with van der Waals surface area (Å²) in [5, 5.41) is 9.34. The van der Waals surface area contributed by atoms with Crippen LogP contribution in [0.25, 0.3) is 11.3 Å². The van der Waals surface area contributed by atoms with Crippen LogP contribution in [0.1, 0.15) is 21.6 Å². The van der Waals surface area contributed by atoms with Crippen molar-refractivity contribution in [2.24, 2.45) is 0 Å². The second kappa shape index (κ2) is 6.23. The molecule has 24 heavy (non-hydrogen) atoms. The van der Waals surface area contributed by atoms with Gasteiger partial charge in [0.1, 0.15) is 11.6 Å². The first-order valence-corrected chi connectivity index (χ1v) is 7.26. The Morgan fingerprint density at radius 3 is 2.46 bits per heavy atom. The SMILES string of the molecule is Cc1c(C(=O)O)cn(Cc2ccccn2)c1-c1c(F)cccc1F. The van der Waals surface area contributed by atoms with E-state index in [4.69, 9.17) is 0 Å². The number of aromatic nitrogens is 2. The second-order valence-electron chi connectivity index (χ2n) is 5.37. The van der Waals surface area contributed by atoms with Crippen molar-refractivity contribution in [2.75, 3.05) is 0 Å². The third-order valence-corrected chi connectivity index (χ3v) is 3.82. The Balaban J connectivity index is 2.22. The number of hydrogen-bond donors (Lipinski definition) is 1. The standard InChI is InChI=1S/C18H14F2N2O2/c1-11-13(18(23)24)10-22(9-12-5-2-3-8-21-12)17(11)16-14(19)6-4-7-15(16)20/h2-8,10H,9H2,1H3,(H,23,24). The third kappa shape index (κ3) is 2.78. The summed E-state index contributed by atoms with van der Waals surface area (Å²) in [5.41, 5.74) is 0.931. The first-order chi connectivity index (χ1) is 11.5. The van der Waals surface area contributed by atoms with Gasteiger partial charge in [0.15, 0.2) is 0 Å². The molecule has 0 bridgehead atoms. The summed E-state index contributed by atoms with van der Waals surface area (Å²) >= 11 is 0. The molecule has 2 aromatic heterocycles. The van der Waals surface area contributed by atoms with Gasteiger partial charge < -0.3 is 9.67 Å². The molecule has 0 amide bonds. The van der Waals surface area contributed by atoms with Crippen LogP contribution >= 0.6 is 0 Å². The maximum atomic E-state index is 14.2. The lowest BCUT2D eigenvalue weighted by Gasteiger charge is -2.12. The van der Waals surface area contributed by atoms with E-state index in [9.17, 15) is 18.7 Å². The lowest BCUT2D eigenvalue weighted by molar-refractivity contribution is 0.0696. The summed E-state index contributed by atoms with van der Waals surface area (Å²) < 4.78 is 30.0. The minimum atomic E-state index is -1.15. The van der Waals surface area contributed by atoms with Crippen LogP contribution in [0, 0.1) is 18.6 Å². The number of halogens is 2. The van der Waals surface area contributed by atoms with Gasteiger partial charge in [-0.1, -0.05) is 12.1 Å². The van der Waals surface area contributed by atoms with Crippen molar-refractivity contribution in [3.05, 3.63) is 77.2 Å². The number of nitrogens with zero attached hydrogens (tertiary/aromatic N) is 2. The number of carboxylic acid groups (broad SMARTS) is 1. The van der Waals surface area contributed by atoms with Gasteiger partial charge in [-0.05, 0) is 36.8 Å². The molecule has 122 valence electrons. The highest BCUT2D eigenvalue weighted by Crippen LogP contribution is 2.32. The quantitative estimate of drug-likeness (QED) is 0.791. The van der Waals surface area contributed by atoms with Gasteiger partial charge in [-0.15, -0.1) is 0 Å². The summed E-state index contributed by atoms with van der Waals surface area (Å²) in [6.45, 7) is 1.75. The Hall–Kier alpha value is -3.02. The second-order valence-corrected chi connectivity index (χ2v) is 5.37. The molecule has 4 nitrogen and oxygen atoms in total. The fourth-order valence-electron chi connectivity index (χ4n) is 2.72. The highest BCUT2D eigenvalue weighted by molar-refractivity contribution is 5.92. The summed E-state index contributed by atoms with van der Waals surface area (Å²) in [4.78, 5) is 15.6. The van der Waals surface area contributed by atoms with Gasteiger partial charge in [0.25, 0.3) is 0 Å². The molecule has 0 aliphatic carbocycles. The van der Waals surface area contributed by atoms with Gasteiger partial charge in [0, 0.05) is 12.4 Å². The van der Waals surface area contributed by atoms with Crippen molar-refractivity contribution < 1.29 is 18.7 Å². The molecule has 0 fully saturated rings. The zero-order valence-electron chi connectivity index (χ0n) is 12.8. The molecule has 0 aliphatic rings. The fraction of sp³-hybridized carbons (Fsp3) is 0.111. The number of aromatic carboxylic acids is 1. The number of pyridine rings is 1. The molecule has 0 unspecified atom stereocenters. The van der Waals surface area contributed by atoms with Crippen LogP contribution in [0.2, 0.25) is 0 Å². The zero-order chi connectivity index (χ0) is 17.3. The van der Waals surface area contributed by atoms with Gasteiger partial charge in [-0.25, -0.2) is 13.6 Å². The van der Waals surface area contributed by atoms with Crippen LogP contribution in [0.4, 0.5) is 8.78 Å². The Kier molecular flexibility index (Phi) is 4.12. The molecule has 0 saturated carbocycles. The summed E-state index contributed by atoms with van der Waals surface area (Å²) in [6, 6.07) is 8.88. The molecule has 0 aliphatic heterocycles. The zero-order valence-corrected chi connectivity index (χ0v) is 12.8. The van der Waals surface area contributed by atoms with Crippen LogP contribution < -0.4 is 0 Å². The van der Waals surface area contributed by atoms with Gasteiger partial charge in [0.05, 0.1) is 29.1 Å². The van der Waals surface area contributed by atoms with Crippen molar-refractivity contribution in [1.82, 2.24) is 9.55 Å². The predicted octanol–water partition coefficient (Wildman–Crippen LogP) is 3.88. The van der Waals surface area contributed by atoms with Gasteiger partial charge in [-0.2, -0.15) is 0 Å². The fourth-order valence-corrected chi connectivity index (χ4v) is 2.72. The van der Waals surface area contributed by atoms with E-state index in [1.54, 1.807) is 31.3 Å². The normalized spacial score (nSPS) is 10.8. The third-order valence-electron chi connectivity index (χ3n) is 3.82. The molecule has 1 aromatic carbocycles. The molecular weight excluding hydrogens is 314 g/mol. The van der Waals surface area contributed by atoms with E-state index in [2.05, 4.69) is 4.98 Å². The van der Waals surface area contributed by atoms with E-state index in [1.165, 1.54) is 16.8 Å². The van der Waals surface area contributed by atoms with Crippen molar-refractivity contribution in [3.8, 4) is 11.3 Å². The Labute approximate surface area is 137 Å². The number of rotatable bonds is 4. The molecule has 2 heterocycles. The number of benzene rings is 1. The van der Waals surface area contributed by atoms with E-state index in [0.717, 1.165) is 12.1 Å². The number of carboxylic acids is 1. The van der Waals surface area contributed by atoms with Crippen molar-refractivity contribution in [1.29, 1.82) is 0 Å². The Bertz CT molecular complexity index is 885. The van der Waals surface area contributed by atoms with E-state index in [-0.39, 0.29) is 23.4 Å². The van der Waals surface area contributed by atoms with E-state index in [1.807, 2.05) is 0 Å². The van der Waals surface area contributed by atoms with Gasteiger partial charge >= 0.3 is 5.97 Å². The number of carbonyl (C=O) groups is 1. The molecule has 0 spiro atoms. The predicted molar refractivity (Wildman–Crippen MR) is 84.8 cm³/mol. The van der Waals surface area contributed by atoms with Crippen LogP contribution in [-0.4, -0.2) is 20.6 Å². The molecule has 3 aromatic rings. The van der Waals surface area contributed by atoms with Crippen LogP contribution in [-0.2, 0) is 6.54 Å². The van der Waals surface area contributed by atoms with Crippen molar-refractivity contribution in [2.45, 2.75) is 13.5 Å². The number of hydrogen-bond acceptors (Lipinski definition) is 2. The highest BCUT2D eigenvalue weighted by atomic mass is 19.1. The largest absolute Gasteiger partial charge is 0.478 e. The Morgan fingerprint density at radius 2 is 1.88 bits per heavy atom. The molecule has 6 heteroatoms. The molecule has 1 N–H and O–H groups in total. The molecule has 0 saturated heterocycles. The lowest BCUT2D eigenvalue weighted by atomic mass is 10.0. The highest BCUT2D eigenvalue weighted by Gasteiger charge is 2.23. The first-order valence-electron chi connectivity index (χ1n) is 7.26. The average molecular weight is 328 g/mol. The summed E-state index contributed by atoms with van der Waals surface area (Å²) in [5.74, 6) is -2.63. The Morgan fingerprint density at radius 1 is 1.17 bits per heavy atom. The molecule has 0 radical (unpaired) electrons. The maximum absolute atomic E-state index is 14.2. The average Bonchev–Trinajstić information content (AvgIpc) is 2.86. The van der Waals surface area contributed by atoms with E-state index in [0.29, 0.717) is 11.3 Å². The molecule has 3 rings (SSSR count). The summed E-state index contributed by atoms with van der Waals surface area (Å²) in [7, 11) is 0. The summed E-state index contributed by atoms with van der Waals surface area (Å²) in [6.07, 6.45) is 2.99. The topological polar surface area (TPSA) is 55.1 Å². The van der Waals surface area contributed by atoms with Crippen molar-refractivity contribution in [3.63, 3.8) is 0 Å². The van der Waals surface area contributed by atoms with Crippen LogP contribution in [0.15, 0.2) is 48.8 Å². The van der Waals surface area contributed by atoms with E-state index >= 15 is 0 Å². The minimum absolute atomic E-state index is 0.00332. The van der Waals surface area contributed by atoms with E-state index < -0.39 is 17.6 Å². The minimum Gasteiger partial charge on any atom is -0.478 e. The maximum Gasteiger partial charge on any atom is 0.337 e. The molecule has 0 atom stereocenters. The van der Waals surface area contributed by atoms with Gasteiger partial charge in [-0.3, -0.25) is 4.98 Å².